The lowest BCUT2D eigenvalue weighted by molar-refractivity contribution is -0.114. The number of pyridine rings is 1. The van der Waals surface area contributed by atoms with E-state index < -0.39 is 12.0 Å². The third-order valence-electron chi connectivity index (χ3n) is 5.09. The van der Waals surface area contributed by atoms with Crippen molar-refractivity contribution in [2.45, 2.75) is 31.1 Å². The SMILES string of the molecule is CN(C=O)C(N)=N[C@H]1c2cc(-c3cccnc3F)ccc2O[C@H]2CCCO[C@H]21. The lowest BCUT2D eigenvalue weighted by atomic mass is 9.88. The van der Waals surface area contributed by atoms with E-state index in [2.05, 4.69) is 9.98 Å². The van der Waals surface area contributed by atoms with Gasteiger partial charge in [0.2, 0.25) is 12.4 Å². The normalized spacial score (nSPS) is 23.9. The van der Waals surface area contributed by atoms with Crippen molar-refractivity contribution >= 4 is 12.4 Å². The second-order valence-corrected chi connectivity index (χ2v) is 6.88. The number of guanidine groups is 1. The van der Waals surface area contributed by atoms with Gasteiger partial charge < -0.3 is 15.2 Å². The van der Waals surface area contributed by atoms with Gasteiger partial charge in [0, 0.05) is 31.0 Å². The van der Waals surface area contributed by atoms with E-state index in [1.54, 1.807) is 18.2 Å². The van der Waals surface area contributed by atoms with Crippen LogP contribution in [0.25, 0.3) is 11.1 Å². The maximum Gasteiger partial charge on any atom is 0.220 e. The highest BCUT2D eigenvalue weighted by Crippen LogP contribution is 2.43. The smallest absolute Gasteiger partial charge is 0.220 e. The number of benzene rings is 1. The number of hydrogen-bond donors (Lipinski definition) is 1. The number of ether oxygens (including phenoxy) is 2. The number of aromatic nitrogens is 1. The number of carbonyl (C=O) groups excluding carboxylic acids is 1. The minimum absolute atomic E-state index is 0.0822. The lowest BCUT2D eigenvalue weighted by Crippen LogP contribution is -2.46. The second kappa shape index (κ2) is 7.55. The third kappa shape index (κ3) is 3.31. The van der Waals surface area contributed by atoms with E-state index in [-0.39, 0.29) is 18.2 Å². The molecule has 1 aromatic carbocycles. The van der Waals surface area contributed by atoms with E-state index >= 15 is 0 Å². The summed E-state index contributed by atoms with van der Waals surface area (Å²) in [4.78, 5) is 20.5. The summed E-state index contributed by atoms with van der Waals surface area (Å²) in [5, 5.41) is 0. The fourth-order valence-electron chi connectivity index (χ4n) is 3.62. The molecule has 2 aliphatic rings. The number of carbonyl (C=O) groups is 1. The van der Waals surface area contributed by atoms with Gasteiger partial charge >= 0.3 is 0 Å². The molecule has 0 aliphatic carbocycles. The summed E-state index contributed by atoms with van der Waals surface area (Å²) in [6.07, 6.45) is 3.27. The van der Waals surface area contributed by atoms with Crippen molar-refractivity contribution in [1.29, 1.82) is 0 Å². The summed E-state index contributed by atoms with van der Waals surface area (Å²) < 4.78 is 26.3. The van der Waals surface area contributed by atoms with Gasteiger partial charge in [-0.2, -0.15) is 4.39 Å². The molecule has 0 saturated carbocycles. The van der Waals surface area contributed by atoms with E-state index in [1.165, 1.54) is 18.1 Å². The molecule has 0 bridgehead atoms. The Kier molecular flexibility index (Phi) is 4.95. The first-order chi connectivity index (χ1) is 13.6. The van der Waals surface area contributed by atoms with Crippen LogP contribution in [0.4, 0.5) is 4.39 Å². The molecule has 1 saturated heterocycles. The second-order valence-electron chi connectivity index (χ2n) is 6.88. The van der Waals surface area contributed by atoms with Gasteiger partial charge in [0.15, 0.2) is 5.96 Å². The molecule has 0 unspecified atom stereocenters. The standard InChI is InChI=1S/C20H21FN4O3/c1-25(11-26)20(22)24-17-14-10-12(13-4-2-8-23-19(13)21)6-7-15(14)28-16-5-3-9-27-18(16)17/h2,4,6-8,10-11,16-18H,3,5,9H2,1H3,(H2,22,24)/t16-,17-,18+/m0/s1. The number of fused-ring (bicyclic) bond motifs is 2. The van der Waals surface area contributed by atoms with E-state index in [1.807, 2.05) is 12.1 Å². The maximum atomic E-state index is 14.2. The predicted octanol–water partition coefficient (Wildman–Crippen LogP) is 2.27. The molecule has 2 aromatic rings. The summed E-state index contributed by atoms with van der Waals surface area (Å²) in [5.41, 5.74) is 7.77. The van der Waals surface area contributed by atoms with Crippen LogP contribution in [0.5, 0.6) is 5.75 Å². The Morgan fingerprint density at radius 3 is 3.07 bits per heavy atom. The van der Waals surface area contributed by atoms with Crippen molar-refractivity contribution in [3.63, 3.8) is 0 Å². The van der Waals surface area contributed by atoms with Crippen molar-refractivity contribution in [2.75, 3.05) is 13.7 Å². The zero-order valence-corrected chi connectivity index (χ0v) is 15.4. The molecule has 0 radical (unpaired) electrons. The fraction of sp³-hybridized carbons (Fsp3) is 0.350. The average molecular weight is 384 g/mol. The van der Waals surface area contributed by atoms with Crippen LogP contribution in [0.2, 0.25) is 0 Å². The molecule has 1 fully saturated rings. The van der Waals surface area contributed by atoms with Crippen LogP contribution in [0.15, 0.2) is 41.5 Å². The Morgan fingerprint density at radius 2 is 2.29 bits per heavy atom. The number of rotatable bonds is 3. The maximum absolute atomic E-state index is 14.2. The molecule has 7 nitrogen and oxygen atoms in total. The van der Waals surface area contributed by atoms with Crippen LogP contribution in [0, 0.1) is 5.95 Å². The van der Waals surface area contributed by atoms with Crippen LogP contribution in [-0.2, 0) is 9.53 Å². The predicted molar refractivity (Wildman–Crippen MR) is 101 cm³/mol. The fourth-order valence-corrected chi connectivity index (χ4v) is 3.62. The first-order valence-electron chi connectivity index (χ1n) is 9.13. The van der Waals surface area contributed by atoms with Gasteiger partial charge in [-0.25, -0.2) is 9.98 Å². The van der Waals surface area contributed by atoms with Crippen molar-refractivity contribution < 1.29 is 18.7 Å². The highest BCUT2D eigenvalue weighted by atomic mass is 19.1. The van der Waals surface area contributed by atoms with Gasteiger partial charge in [-0.15, -0.1) is 0 Å². The molecule has 2 aliphatic heterocycles. The molecule has 28 heavy (non-hydrogen) atoms. The quantitative estimate of drug-likeness (QED) is 0.379. The Bertz CT molecular complexity index is 920. The van der Waals surface area contributed by atoms with Gasteiger partial charge in [-0.3, -0.25) is 9.69 Å². The summed E-state index contributed by atoms with van der Waals surface area (Å²) in [6, 6.07) is 8.32. The Morgan fingerprint density at radius 1 is 1.43 bits per heavy atom. The molecule has 146 valence electrons. The molecular weight excluding hydrogens is 363 g/mol. The van der Waals surface area contributed by atoms with E-state index in [0.29, 0.717) is 29.9 Å². The van der Waals surface area contributed by atoms with E-state index in [4.69, 9.17) is 15.2 Å². The van der Waals surface area contributed by atoms with Crippen molar-refractivity contribution in [3.8, 4) is 16.9 Å². The minimum Gasteiger partial charge on any atom is -0.487 e. The van der Waals surface area contributed by atoms with Gasteiger partial charge in [0.25, 0.3) is 0 Å². The molecule has 0 spiro atoms. The average Bonchev–Trinajstić information content (AvgIpc) is 2.73. The zero-order chi connectivity index (χ0) is 19.7. The van der Waals surface area contributed by atoms with Crippen molar-refractivity contribution in [2.24, 2.45) is 10.7 Å². The Hall–Kier alpha value is -3.00. The number of amides is 1. The number of halogens is 1. The lowest BCUT2D eigenvalue weighted by Gasteiger charge is -2.40. The number of aliphatic imine (C=N–C) groups is 1. The third-order valence-corrected chi connectivity index (χ3v) is 5.09. The molecule has 4 rings (SSSR count). The number of hydrogen-bond acceptors (Lipinski definition) is 5. The molecule has 8 heteroatoms. The number of nitrogens with two attached hydrogens (primary N) is 1. The van der Waals surface area contributed by atoms with Crippen LogP contribution >= 0.6 is 0 Å². The van der Waals surface area contributed by atoms with Crippen LogP contribution in [0.1, 0.15) is 24.4 Å². The monoisotopic (exact) mass is 384 g/mol. The number of nitrogens with zero attached hydrogens (tertiary/aromatic N) is 3. The Labute approximate surface area is 162 Å². The summed E-state index contributed by atoms with van der Waals surface area (Å²) >= 11 is 0. The topological polar surface area (TPSA) is 90.0 Å². The highest BCUT2D eigenvalue weighted by Gasteiger charge is 2.41. The zero-order valence-electron chi connectivity index (χ0n) is 15.4. The van der Waals surface area contributed by atoms with Crippen LogP contribution < -0.4 is 10.5 Å². The molecular formula is C20H21FN4O3. The first kappa shape index (κ1) is 18.4. The summed E-state index contributed by atoms with van der Waals surface area (Å²) in [7, 11) is 1.53. The summed E-state index contributed by atoms with van der Waals surface area (Å²) in [5.74, 6) is 0.195. The first-order valence-corrected chi connectivity index (χ1v) is 9.13. The Balaban J connectivity index is 1.81. The molecule has 2 N–H and O–H groups in total. The molecule has 3 atom stereocenters. The van der Waals surface area contributed by atoms with E-state index in [9.17, 15) is 9.18 Å². The van der Waals surface area contributed by atoms with Gasteiger partial charge in [0.1, 0.15) is 24.0 Å². The van der Waals surface area contributed by atoms with Crippen molar-refractivity contribution in [1.82, 2.24) is 9.88 Å². The highest BCUT2D eigenvalue weighted by molar-refractivity contribution is 5.87. The van der Waals surface area contributed by atoms with Crippen molar-refractivity contribution in [3.05, 3.63) is 48.0 Å². The van der Waals surface area contributed by atoms with Gasteiger partial charge in [-0.05, 0) is 42.7 Å². The molecule has 1 amide bonds. The summed E-state index contributed by atoms with van der Waals surface area (Å²) in [6.45, 7) is 0.603. The molecule has 1 aromatic heterocycles. The van der Waals surface area contributed by atoms with Gasteiger partial charge in [0.05, 0.1) is 0 Å². The largest absolute Gasteiger partial charge is 0.487 e. The minimum atomic E-state index is -0.550. The van der Waals surface area contributed by atoms with E-state index in [0.717, 1.165) is 18.4 Å². The van der Waals surface area contributed by atoms with Crippen LogP contribution in [-0.4, -0.2) is 48.1 Å². The molecule has 3 heterocycles. The van der Waals surface area contributed by atoms with Gasteiger partial charge in [-0.1, -0.05) is 6.07 Å². The van der Waals surface area contributed by atoms with Crippen LogP contribution in [0.3, 0.4) is 0 Å².